The molecule has 0 aliphatic rings. The second-order valence-electron chi connectivity index (χ2n) is 5.53. The molecule has 1 aromatic heterocycles. The third-order valence-electron chi connectivity index (χ3n) is 3.37. The first-order valence-electron chi connectivity index (χ1n) is 8.48. The number of rotatable bonds is 8. The van der Waals surface area contributed by atoms with Crippen LogP contribution in [0.25, 0.3) is 0 Å². The molecule has 5 nitrogen and oxygen atoms in total. The number of aliphatic imine (C=N–C) groups is 1. The van der Waals surface area contributed by atoms with Crippen molar-refractivity contribution >= 4 is 41.3 Å². The second kappa shape index (κ2) is 12.1. The highest BCUT2D eigenvalue weighted by Gasteiger charge is 2.07. The molecule has 0 spiro atoms. The lowest BCUT2D eigenvalue weighted by Crippen LogP contribution is -2.41. The fourth-order valence-electron chi connectivity index (χ4n) is 2.10. The summed E-state index contributed by atoms with van der Waals surface area (Å²) < 4.78 is 18.7. The van der Waals surface area contributed by atoms with Crippen molar-refractivity contribution in [3.05, 3.63) is 46.2 Å². The molecule has 2 N–H and O–H groups in total. The number of hydrogen-bond donors (Lipinski definition) is 2. The van der Waals surface area contributed by atoms with E-state index < -0.39 is 0 Å². The molecule has 0 radical (unpaired) electrons. The zero-order valence-electron chi connectivity index (χ0n) is 15.3. The Hall–Kier alpha value is -1.42. The summed E-state index contributed by atoms with van der Waals surface area (Å²) in [7, 11) is 0. The van der Waals surface area contributed by atoms with E-state index in [9.17, 15) is 4.39 Å². The Morgan fingerprint density at radius 1 is 1.27 bits per heavy atom. The van der Waals surface area contributed by atoms with E-state index in [1.165, 1.54) is 17.0 Å². The zero-order valence-corrected chi connectivity index (χ0v) is 18.4. The zero-order chi connectivity index (χ0) is 18.1. The van der Waals surface area contributed by atoms with E-state index in [2.05, 4.69) is 27.5 Å². The molecule has 0 fully saturated rings. The highest BCUT2D eigenvalue weighted by Crippen LogP contribution is 2.14. The first kappa shape index (κ1) is 22.6. The number of guanidine groups is 1. The van der Waals surface area contributed by atoms with Crippen LogP contribution in [-0.4, -0.2) is 30.1 Å². The number of nitrogens with zero attached hydrogens (tertiary/aromatic N) is 2. The molecule has 1 atom stereocenters. The van der Waals surface area contributed by atoms with E-state index >= 15 is 0 Å². The molecule has 8 heteroatoms. The minimum Gasteiger partial charge on any atom is -0.489 e. The molecule has 2 rings (SSSR count). The van der Waals surface area contributed by atoms with Crippen LogP contribution in [0.15, 0.2) is 35.5 Å². The van der Waals surface area contributed by atoms with E-state index in [0.717, 1.165) is 23.9 Å². The van der Waals surface area contributed by atoms with Crippen LogP contribution in [-0.2, 0) is 13.0 Å². The molecule has 1 heterocycles. The van der Waals surface area contributed by atoms with Crippen LogP contribution in [0.3, 0.4) is 0 Å². The summed E-state index contributed by atoms with van der Waals surface area (Å²) in [5, 5.41) is 7.48. The predicted octanol–water partition coefficient (Wildman–Crippen LogP) is 3.99. The lowest BCUT2D eigenvalue weighted by atomic mass is 10.3. The molecule has 0 saturated heterocycles. The fraction of sp³-hybridized carbons (Fsp3) is 0.444. The number of hydrogen-bond acceptors (Lipinski definition) is 4. The Kier molecular flexibility index (Phi) is 10.5. The summed E-state index contributed by atoms with van der Waals surface area (Å²) in [6.45, 7) is 8.00. The standard InChI is InChI=1S/C18H25FN4OS.HI/c1-4-16-11-21-17(25-16)12-23-18(20-5-2)22-10-13(3)24-15-8-6-14(19)7-9-15;/h6-9,11,13H,4-5,10,12H2,1-3H3,(H2,20,22,23);1H. The minimum absolute atomic E-state index is 0. The Labute approximate surface area is 175 Å². The van der Waals surface area contributed by atoms with Gasteiger partial charge in [0, 0.05) is 17.6 Å². The molecule has 0 amide bonds. The molecule has 1 aromatic carbocycles. The average molecular weight is 492 g/mol. The molecule has 26 heavy (non-hydrogen) atoms. The molecule has 144 valence electrons. The van der Waals surface area contributed by atoms with E-state index in [0.29, 0.717) is 18.8 Å². The van der Waals surface area contributed by atoms with E-state index in [1.807, 2.05) is 20.0 Å². The molecule has 2 aromatic rings. The molecule has 1 unspecified atom stereocenters. The van der Waals surface area contributed by atoms with Crippen molar-refractivity contribution in [2.24, 2.45) is 4.99 Å². The minimum atomic E-state index is -0.270. The van der Waals surface area contributed by atoms with Crippen LogP contribution in [0.1, 0.15) is 30.7 Å². The SMILES string of the molecule is CCNC(=NCc1ncc(CC)s1)NCC(C)Oc1ccc(F)cc1.I. The maximum absolute atomic E-state index is 12.9. The monoisotopic (exact) mass is 492 g/mol. The van der Waals surface area contributed by atoms with Crippen molar-refractivity contribution in [1.82, 2.24) is 15.6 Å². The highest BCUT2D eigenvalue weighted by atomic mass is 127. The fourth-order valence-corrected chi connectivity index (χ4v) is 2.89. The van der Waals surface area contributed by atoms with Gasteiger partial charge in [-0.1, -0.05) is 6.92 Å². The molecular formula is C18H26FIN4OS. The Morgan fingerprint density at radius 2 is 2.00 bits per heavy atom. The van der Waals surface area contributed by atoms with Gasteiger partial charge in [0.25, 0.3) is 0 Å². The average Bonchev–Trinajstić information content (AvgIpc) is 3.07. The van der Waals surface area contributed by atoms with Crippen LogP contribution < -0.4 is 15.4 Å². The van der Waals surface area contributed by atoms with Crippen molar-refractivity contribution in [2.45, 2.75) is 39.8 Å². The highest BCUT2D eigenvalue weighted by molar-refractivity contribution is 14.0. The normalized spacial score (nSPS) is 12.2. The second-order valence-corrected chi connectivity index (χ2v) is 6.73. The topological polar surface area (TPSA) is 58.5 Å². The third kappa shape index (κ3) is 7.86. The maximum Gasteiger partial charge on any atom is 0.191 e. The van der Waals surface area contributed by atoms with Gasteiger partial charge >= 0.3 is 0 Å². The molecular weight excluding hydrogens is 466 g/mol. The van der Waals surface area contributed by atoms with Gasteiger partial charge in [0.2, 0.25) is 0 Å². The Balaban J connectivity index is 0.00000338. The summed E-state index contributed by atoms with van der Waals surface area (Å²) in [5.41, 5.74) is 0. The van der Waals surface area contributed by atoms with E-state index in [4.69, 9.17) is 4.74 Å². The van der Waals surface area contributed by atoms with E-state index in [-0.39, 0.29) is 35.9 Å². The lowest BCUT2D eigenvalue weighted by molar-refractivity contribution is 0.223. The summed E-state index contributed by atoms with van der Waals surface area (Å²) >= 11 is 1.69. The number of thiazole rings is 1. The molecule has 0 aliphatic heterocycles. The Bertz CT molecular complexity index is 678. The van der Waals surface area contributed by atoms with Gasteiger partial charge in [-0.25, -0.2) is 14.4 Å². The Morgan fingerprint density at radius 3 is 2.62 bits per heavy atom. The van der Waals surface area contributed by atoms with Gasteiger partial charge in [0.05, 0.1) is 13.1 Å². The molecule has 0 aliphatic carbocycles. The van der Waals surface area contributed by atoms with Crippen LogP contribution in [0.4, 0.5) is 4.39 Å². The van der Waals surface area contributed by atoms with Crippen molar-refractivity contribution in [3.63, 3.8) is 0 Å². The third-order valence-corrected chi connectivity index (χ3v) is 4.50. The number of halogens is 2. The molecule has 0 bridgehead atoms. The van der Waals surface area contributed by atoms with Crippen molar-refractivity contribution < 1.29 is 9.13 Å². The first-order valence-corrected chi connectivity index (χ1v) is 9.30. The largest absolute Gasteiger partial charge is 0.489 e. The van der Waals surface area contributed by atoms with Crippen molar-refractivity contribution in [1.29, 1.82) is 0 Å². The quantitative estimate of drug-likeness (QED) is 0.333. The molecule has 0 saturated carbocycles. The lowest BCUT2D eigenvalue weighted by Gasteiger charge is -2.17. The van der Waals surface area contributed by atoms with Gasteiger partial charge in [-0.3, -0.25) is 0 Å². The van der Waals surface area contributed by atoms with Crippen LogP contribution in [0.2, 0.25) is 0 Å². The summed E-state index contributed by atoms with van der Waals surface area (Å²) in [4.78, 5) is 10.2. The van der Waals surface area contributed by atoms with Gasteiger partial charge in [0.1, 0.15) is 22.7 Å². The number of ether oxygens (including phenoxy) is 1. The first-order chi connectivity index (χ1) is 12.1. The number of nitrogens with one attached hydrogen (secondary N) is 2. The van der Waals surface area contributed by atoms with Gasteiger partial charge in [-0.15, -0.1) is 35.3 Å². The predicted molar refractivity (Wildman–Crippen MR) is 116 cm³/mol. The summed E-state index contributed by atoms with van der Waals surface area (Å²) in [5.74, 6) is 1.10. The van der Waals surface area contributed by atoms with Gasteiger partial charge in [-0.05, 0) is 44.5 Å². The van der Waals surface area contributed by atoms with Gasteiger partial charge in [0.15, 0.2) is 5.96 Å². The maximum atomic E-state index is 12.9. The summed E-state index contributed by atoms with van der Waals surface area (Å²) in [6.07, 6.45) is 2.83. The van der Waals surface area contributed by atoms with Gasteiger partial charge in [-0.2, -0.15) is 0 Å². The smallest absolute Gasteiger partial charge is 0.191 e. The van der Waals surface area contributed by atoms with Crippen LogP contribution in [0, 0.1) is 5.82 Å². The number of benzene rings is 1. The summed E-state index contributed by atoms with van der Waals surface area (Å²) in [6, 6.07) is 6.02. The van der Waals surface area contributed by atoms with Crippen molar-refractivity contribution in [2.75, 3.05) is 13.1 Å². The van der Waals surface area contributed by atoms with Crippen molar-refractivity contribution in [3.8, 4) is 5.75 Å². The number of aromatic nitrogens is 1. The van der Waals surface area contributed by atoms with Crippen LogP contribution in [0.5, 0.6) is 5.75 Å². The number of aryl methyl sites for hydroxylation is 1. The van der Waals surface area contributed by atoms with E-state index in [1.54, 1.807) is 23.5 Å². The van der Waals surface area contributed by atoms with Crippen LogP contribution >= 0.6 is 35.3 Å². The van der Waals surface area contributed by atoms with Gasteiger partial charge < -0.3 is 15.4 Å².